The number of aliphatic hydroxyl groups excluding tert-OH is 1. The summed E-state index contributed by atoms with van der Waals surface area (Å²) in [4.78, 5) is 13.9. The molecule has 0 unspecified atom stereocenters. The van der Waals surface area contributed by atoms with Crippen LogP contribution in [0.3, 0.4) is 0 Å². The number of amides is 1. The molecule has 1 amide bonds. The van der Waals surface area contributed by atoms with Gasteiger partial charge in [-0.05, 0) is 58.9 Å². The van der Waals surface area contributed by atoms with E-state index in [1.54, 1.807) is 0 Å². The molecule has 5 heteroatoms. The molecule has 2 N–H and O–H groups in total. The van der Waals surface area contributed by atoms with E-state index in [9.17, 15) is 9.90 Å². The monoisotopic (exact) mass is 326 g/mol. The van der Waals surface area contributed by atoms with Gasteiger partial charge < -0.3 is 20.1 Å². The Balaban J connectivity index is 1.72. The first-order valence-electron chi connectivity index (χ1n) is 9.06. The van der Waals surface area contributed by atoms with Crippen LogP contribution in [-0.2, 0) is 4.74 Å². The Morgan fingerprint density at radius 3 is 2.52 bits per heavy atom. The summed E-state index contributed by atoms with van der Waals surface area (Å²) in [7, 11) is 0. The van der Waals surface area contributed by atoms with Crippen LogP contribution in [0.4, 0.5) is 4.79 Å². The Labute approximate surface area is 140 Å². The van der Waals surface area contributed by atoms with Crippen molar-refractivity contribution in [1.29, 1.82) is 0 Å². The average molecular weight is 326 g/mol. The van der Waals surface area contributed by atoms with Crippen LogP contribution in [0.15, 0.2) is 0 Å². The number of ether oxygens (including phenoxy) is 1. The molecule has 0 aromatic rings. The standard InChI is InChI=1S/C18H34N2O3/c1-17(2,3)23-16(22)20-10-7-14(8-11-20)12-19-15-6-5-9-18(15,4)13-21/h14-15,19,21H,5-13H2,1-4H3/t15-,18+/m0/s1. The topological polar surface area (TPSA) is 61.8 Å². The van der Waals surface area contributed by atoms with Crippen molar-refractivity contribution in [1.82, 2.24) is 10.2 Å². The molecule has 2 atom stereocenters. The van der Waals surface area contributed by atoms with Crippen molar-refractivity contribution in [3.05, 3.63) is 0 Å². The Morgan fingerprint density at radius 2 is 1.96 bits per heavy atom. The molecular formula is C18H34N2O3. The predicted octanol–water partition coefficient (Wildman–Crippen LogP) is 2.77. The molecule has 1 saturated carbocycles. The van der Waals surface area contributed by atoms with Crippen LogP contribution < -0.4 is 5.32 Å². The lowest BCUT2D eigenvalue weighted by Gasteiger charge is -2.35. The maximum atomic E-state index is 12.1. The SMILES string of the molecule is CC(C)(C)OC(=O)N1CCC(CN[C@H]2CCC[C@]2(C)CO)CC1. The third-order valence-corrected chi connectivity index (χ3v) is 5.36. The van der Waals surface area contributed by atoms with Crippen LogP contribution in [0.1, 0.15) is 59.8 Å². The second-order valence-corrected chi connectivity index (χ2v) is 8.58. The summed E-state index contributed by atoms with van der Waals surface area (Å²) in [6.45, 7) is 10.7. The first-order chi connectivity index (χ1) is 10.7. The summed E-state index contributed by atoms with van der Waals surface area (Å²) >= 11 is 0. The fourth-order valence-electron chi connectivity index (χ4n) is 3.73. The molecule has 1 aliphatic carbocycles. The Kier molecular flexibility index (Phi) is 5.95. The van der Waals surface area contributed by atoms with Gasteiger partial charge in [0.1, 0.15) is 5.60 Å². The van der Waals surface area contributed by atoms with E-state index in [0.717, 1.165) is 45.3 Å². The smallest absolute Gasteiger partial charge is 0.410 e. The van der Waals surface area contributed by atoms with Crippen molar-refractivity contribution in [3.63, 3.8) is 0 Å². The minimum atomic E-state index is -0.424. The van der Waals surface area contributed by atoms with E-state index in [4.69, 9.17) is 4.74 Å². The molecule has 0 aromatic carbocycles. The van der Waals surface area contributed by atoms with Crippen LogP contribution in [0.2, 0.25) is 0 Å². The zero-order valence-corrected chi connectivity index (χ0v) is 15.2. The van der Waals surface area contributed by atoms with Crippen LogP contribution in [0.25, 0.3) is 0 Å². The van der Waals surface area contributed by atoms with Gasteiger partial charge in [-0.2, -0.15) is 0 Å². The van der Waals surface area contributed by atoms with Gasteiger partial charge in [-0.1, -0.05) is 13.3 Å². The Bertz CT molecular complexity index is 400. The van der Waals surface area contributed by atoms with Gasteiger partial charge >= 0.3 is 6.09 Å². The molecule has 0 aromatic heterocycles. The highest BCUT2D eigenvalue weighted by atomic mass is 16.6. The maximum absolute atomic E-state index is 12.1. The van der Waals surface area contributed by atoms with Crippen LogP contribution in [0.5, 0.6) is 0 Å². The molecule has 0 radical (unpaired) electrons. The van der Waals surface area contributed by atoms with E-state index < -0.39 is 5.60 Å². The first kappa shape index (κ1) is 18.5. The van der Waals surface area contributed by atoms with Gasteiger partial charge in [-0.25, -0.2) is 4.79 Å². The zero-order chi connectivity index (χ0) is 17.1. The number of likely N-dealkylation sites (tertiary alicyclic amines) is 1. The summed E-state index contributed by atoms with van der Waals surface area (Å²) in [6, 6.07) is 0.427. The van der Waals surface area contributed by atoms with E-state index in [-0.39, 0.29) is 18.1 Å². The van der Waals surface area contributed by atoms with Gasteiger partial charge in [-0.3, -0.25) is 0 Å². The molecular weight excluding hydrogens is 292 g/mol. The highest BCUT2D eigenvalue weighted by molar-refractivity contribution is 5.68. The van der Waals surface area contributed by atoms with Crippen molar-refractivity contribution in [2.24, 2.45) is 11.3 Å². The highest BCUT2D eigenvalue weighted by Gasteiger charge is 2.38. The maximum Gasteiger partial charge on any atom is 0.410 e. The van der Waals surface area contributed by atoms with Crippen molar-refractivity contribution in [3.8, 4) is 0 Å². The molecule has 2 aliphatic rings. The van der Waals surface area contributed by atoms with Gasteiger partial charge in [0.05, 0.1) is 0 Å². The number of carbonyl (C=O) groups is 1. The summed E-state index contributed by atoms with van der Waals surface area (Å²) < 4.78 is 5.44. The van der Waals surface area contributed by atoms with Gasteiger partial charge in [0, 0.05) is 31.2 Å². The van der Waals surface area contributed by atoms with Gasteiger partial charge in [0.15, 0.2) is 0 Å². The molecule has 134 valence electrons. The van der Waals surface area contributed by atoms with E-state index in [1.807, 2.05) is 25.7 Å². The largest absolute Gasteiger partial charge is 0.444 e. The number of nitrogens with one attached hydrogen (secondary N) is 1. The number of piperidine rings is 1. The molecule has 1 aliphatic heterocycles. The minimum Gasteiger partial charge on any atom is -0.444 e. The third-order valence-electron chi connectivity index (χ3n) is 5.36. The molecule has 5 nitrogen and oxygen atoms in total. The van der Waals surface area contributed by atoms with Gasteiger partial charge in [0.25, 0.3) is 0 Å². The number of hydrogen-bond donors (Lipinski definition) is 2. The fourth-order valence-corrected chi connectivity index (χ4v) is 3.73. The molecule has 1 heterocycles. The van der Waals surface area contributed by atoms with E-state index >= 15 is 0 Å². The number of hydrogen-bond acceptors (Lipinski definition) is 4. The third kappa shape index (κ3) is 5.08. The van der Waals surface area contributed by atoms with Crippen LogP contribution in [-0.4, -0.2) is 54.0 Å². The van der Waals surface area contributed by atoms with Crippen molar-refractivity contribution >= 4 is 6.09 Å². The van der Waals surface area contributed by atoms with E-state index in [0.29, 0.717) is 12.0 Å². The summed E-state index contributed by atoms with van der Waals surface area (Å²) in [5.74, 6) is 0.609. The highest BCUT2D eigenvalue weighted by Crippen LogP contribution is 2.37. The molecule has 0 bridgehead atoms. The molecule has 2 fully saturated rings. The lowest BCUT2D eigenvalue weighted by atomic mass is 9.85. The van der Waals surface area contributed by atoms with Crippen molar-refractivity contribution in [2.45, 2.75) is 71.4 Å². The van der Waals surface area contributed by atoms with E-state index in [2.05, 4.69) is 12.2 Å². The normalized spacial score (nSPS) is 29.8. The first-order valence-corrected chi connectivity index (χ1v) is 9.06. The van der Waals surface area contributed by atoms with E-state index in [1.165, 1.54) is 6.42 Å². The van der Waals surface area contributed by atoms with Crippen molar-refractivity contribution in [2.75, 3.05) is 26.2 Å². The summed E-state index contributed by atoms with van der Waals surface area (Å²) in [5, 5.41) is 13.3. The van der Waals surface area contributed by atoms with Crippen LogP contribution >= 0.6 is 0 Å². The molecule has 2 rings (SSSR count). The summed E-state index contributed by atoms with van der Waals surface area (Å²) in [6.07, 6.45) is 5.33. The molecule has 1 saturated heterocycles. The van der Waals surface area contributed by atoms with Gasteiger partial charge in [-0.15, -0.1) is 0 Å². The second-order valence-electron chi connectivity index (χ2n) is 8.58. The number of carbonyl (C=O) groups excluding carboxylic acids is 1. The zero-order valence-electron chi connectivity index (χ0n) is 15.2. The number of rotatable bonds is 4. The minimum absolute atomic E-state index is 0.0389. The lowest BCUT2D eigenvalue weighted by Crippen LogP contribution is -2.46. The molecule has 23 heavy (non-hydrogen) atoms. The Hall–Kier alpha value is -0.810. The lowest BCUT2D eigenvalue weighted by molar-refractivity contribution is 0.0180. The quantitative estimate of drug-likeness (QED) is 0.834. The number of aliphatic hydroxyl groups is 1. The molecule has 0 spiro atoms. The van der Waals surface area contributed by atoms with Crippen molar-refractivity contribution < 1.29 is 14.6 Å². The predicted molar refractivity (Wildman–Crippen MR) is 91.4 cm³/mol. The second kappa shape index (κ2) is 7.39. The fraction of sp³-hybridized carbons (Fsp3) is 0.944. The van der Waals surface area contributed by atoms with Gasteiger partial charge in [0.2, 0.25) is 0 Å². The summed E-state index contributed by atoms with van der Waals surface area (Å²) in [5.41, 5.74) is -0.385. The Morgan fingerprint density at radius 1 is 1.30 bits per heavy atom. The number of nitrogens with zero attached hydrogens (tertiary/aromatic N) is 1. The average Bonchev–Trinajstić information content (AvgIpc) is 2.86. The van der Waals surface area contributed by atoms with Crippen LogP contribution in [0, 0.1) is 11.3 Å².